The van der Waals surface area contributed by atoms with Crippen LogP contribution in [0.4, 0.5) is 5.69 Å². The molecule has 108 valence electrons. The first kappa shape index (κ1) is 15.5. The minimum absolute atomic E-state index is 0.250. The van der Waals surface area contributed by atoms with Crippen molar-refractivity contribution in [1.82, 2.24) is 10.6 Å². The number of anilines is 1. The predicted molar refractivity (Wildman–Crippen MR) is 74.6 cm³/mol. The summed E-state index contributed by atoms with van der Waals surface area (Å²) in [6, 6.07) is 6.28. The molecule has 1 aromatic carbocycles. The van der Waals surface area contributed by atoms with Crippen LogP contribution in [0.15, 0.2) is 24.3 Å². The van der Waals surface area contributed by atoms with E-state index in [9.17, 15) is 14.4 Å². The average Bonchev–Trinajstić information content (AvgIpc) is 2.36. The fourth-order valence-corrected chi connectivity index (χ4v) is 1.35. The first-order chi connectivity index (χ1) is 9.22. The van der Waals surface area contributed by atoms with Crippen LogP contribution in [0.25, 0.3) is 0 Å². The highest BCUT2D eigenvalue weighted by Crippen LogP contribution is 2.05. The van der Waals surface area contributed by atoms with Gasteiger partial charge in [0.1, 0.15) is 5.54 Å². The van der Waals surface area contributed by atoms with E-state index in [0.29, 0.717) is 11.3 Å². The summed E-state index contributed by atoms with van der Waals surface area (Å²) in [5.74, 6) is -1.56. The lowest BCUT2D eigenvalue weighted by molar-refractivity contribution is -0.129. The van der Waals surface area contributed by atoms with Crippen molar-refractivity contribution in [2.24, 2.45) is 5.73 Å². The van der Waals surface area contributed by atoms with Gasteiger partial charge in [0.05, 0.1) is 6.54 Å². The number of hydrogen-bond acceptors (Lipinski definition) is 4. The maximum Gasteiger partial charge on any atom is 0.251 e. The Morgan fingerprint density at radius 2 is 1.70 bits per heavy atom. The van der Waals surface area contributed by atoms with E-state index >= 15 is 0 Å². The molecule has 0 fully saturated rings. The van der Waals surface area contributed by atoms with Crippen LogP contribution in [0.2, 0.25) is 0 Å². The summed E-state index contributed by atoms with van der Waals surface area (Å²) in [4.78, 5) is 34.4. The van der Waals surface area contributed by atoms with Gasteiger partial charge in [-0.2, -0.15) is 0 Å². The summed E-state index contributed by atoms with van der Waals surface area (Å²) in [6.45, 7) is 2.71. The third-order valence-corrected chi connectivity index (χ3v) is 2.65. The van der Waals surface area contributed by atoms with Crippen molar-refractivity contribution in [3.63, 3.8) is 0 Å². The molecular formula is C13H18N4O3. The normalized spacial score (nSPS) is 10.7. The van der Waals surface area contributed by atoms with Crippen molar-refractivity contribution in [1.29, 1.82) is 0 Å². The third-order valence-electron chi connectivity index (χ3n) is 2.65. The molecule has 0 aliphatic heterocycles. The molecule has 20 heavy (non-hydrogen) atoms. The first-order valence-corrected chi connectivity index (χ1v) is 5.97. The highest BCUT2D eigenvalue weighted by molar-refractivity contribution is 5.97. The highest BCUT2D eigenvalue weighted by Gasteiger charge is 2.26. The van der Waals surface area contributed by atoms with Gasteiger partial charge in [-0.3, -0.25) is 14.4 Å². The van der Waals surface area contributed by atoms with Crippen molar-refractivity contribution >= 4 is 23.4 Å². The summed E-state index contributed by atoms with van der Waals surface area (Å²) in [7, 11) is 0. The second kappa shape index (κ2) is 6.05. The van der Waals surface area contributed by atoms with Crippen molar-refractivity contribution in [2.45, 2.75) is 19.4 Å². The standard InChI is InChI=1S/C13H18N4O3/c1-13(2,12(15)20)17-10(18)7-16-11(19)8-3-5-9(14)6-4-8/h3-6H,7,14H2,1-2H3,(H2,15,20)(H,16,19)(H,17,18). The molecule has 0 atom stereocenters. The monoisotopic (exact) mass is 278 g/mol. The van der Waals surface area contributed by atoms with E-state index in [4.69, 9.17) is 11.5 Å². The molecule has 0 heterocycles. The second-order valence-electron chi connectivity index (χ2n) is 4.84. The molecular weight excluding hydrogens is 260 g/mol. The zero-order valence-electron chi connectivity index (χ0n) is 11.4. The first-order valence-electron chi connectivity index (χ1n) is 5.97. The number of nitrogen functional groups attached to an aromatic ring is 1. The maximum absolute atomic E-state index is 11.7. The van der Waals surface area contributed by atoms with Crippen LogP contribution in [-0.2, 0) is 9.59 Å². The van der Waals surface area contributed by atoms with Crippen molar-refractivity contribution < 1.29 is 14.4 Å². The molecule has 0 aliphatic carbocycles. The van der Waals surface area contributed by atoms with Gasteiger partial charge in [0.15, 0.2) is 0 Å². The van der Waals surface area contributed by atoms with Gasteiger partial charge in [0.2, 0.25) is 11.8 Å². The molecule has 0 unspecified atom stereocenters. The van der Waals surface area contributed by atoms with Crippen molar-refractivity contribution in [3.8, 4) is 0 Å². The summed E-state index contributed by atoms with van der Waals surface area (Å²) in [6.07, 6.45) is 0. The second-order valence-corrected chi connectivity index (χ2v) is 4.84. The Labute approximate surface area is 116 Å². The van der Waals surface area contributed by atoms with Crippen LogP contribution in [0.1, 0.15) is 24.2 Å². The number of primary amides is 1. The van der Waals surface area contributed by atoms with Gasteiger partial charge < -0.3 is 22.1 Å². The number of benzene rings is 1. The molecule has 1 aromatic rings. The molecule has 3 amide bonds. The third kappa shape index (κ3) is 4.27. The molecule has 0 saturated carbocycles. The van der Waals surface area contributed by atoms with Crippen molar-refractivity contribution in [3.05, 3.63) is 29.8 Å². The van der Waals surface area contributed by atoms with E-state index in [1.165, 1.54) is 13.8 Å². The Morgan fingerprint density at radius 1 is 1.15 bits per heavy atom. The van der Waals surface area contributed by atoms with E-state index < -0.39 is 23.3 Å². The minimum Gasteiger partial charge on any atom is -0.399 e. The van der Waals surface area contributed by atoms with E-state index in [0.717, 1.165) is 0 Å². The topological polar surface area (TPSA) is 127 Å². The Balaban J connectivity index is 2.51. The predicted octanol–water partition coefficient (Wildman–Crippen LogP) is -0.621. The van der Waals surface area contributed by atoms with Gasteiger partial charge in [0, 0.05) is 11.3 Å². The molecule has 0 aromatic heterocycles. The van der Waals surface area contributed by atoms with Crippen LogP contribution in [0.5, 0.6) is 0 Å². The largest absolute Gasteiger partial charge is 0.399 e. The number of amides is 3. The van der Waals surface area contributed by atoms with Crippen LogP contribution in [0.3, 0.4) is 0 Å². The number of nitrogens with two attached hydrogens (primary N) is 2. The van der Waals surface area contributed by atoms with Gasteiger partial charge >= 0.3 is 0 Å². The lowest BCUT2D eigenvalue weighted by Crippen LogP contribution is -2.55. The molecule has 7 heteroatoms. The van der Waals surface area contributed by atoms with E-state index in [2.05, 4.69) is 10.6 Å². The van der Waals surface area contributed by atoms with Crippen LogP contribution in [0, 0.1) is 0 Å². The molecule has 0 spiro atoms. The van der Waals surface area contributed by atoms with Gasteiger partial charge in [0.25, 0.3) is 5.91 Å². The van der Waals surface area contributed by atoms with Crippen LogP contribution < -0.4 is 22.1 Å². The SMILES string of the molecule is CC(C)(NC(=O)CNC(=O)c1ccc(N)cc1)C(N)=O. The Morgan fingerprint density at radius 3 is 2.20 bits per heavy atom. The summed E-state index contributed by atoms with van der Waals surface area (Å²) < 4.78 is 0. The molecule has 6 N–H and O–H groups in total. The zero-order valence-corrected chi connectivity index (χ0v) is 11.4. The summed E-state index contributed by atoms with van der Waals surface area (Å²) >= 11 is 0. The Hall–Kier alpha value is -2.57. The number of hydrogen-bond donors (Lipinski definition) is 4. The Bertz CT molecular complexity index is 523. The highest BCUT2D eigenvalue weighted by atomic mass is 16.2. The van der Waals surface area contributed by atoms with Gasteiger partial charge in [-0.15, -0.1) is 0 Å². The quantitative estimate of drug-likeness (QED) is 0.535. The molecule has 0 radical (unpaired) electrons. The smallest absolute Gasteiger partial charge is 0.251 e. The summed E-state index contributed by atoms with van der Waals surface area (Å²) in [5.41, 5.74) is 10.4. The molecule has 1 rings (SSSR count). The van der Waals surface area contributed by atoms with Gasteiger partial charge in [-0.05, 0) is 38.1 Å². The van der Waals surface area contributed by atoms with E-state index in [1.54, 1.807) is 24.3 Å². The molecule has 7 nitrogen and oxygen atoms in total. The number of carbonyl (C=O) groups is 3. The summed E-state index contributed by atoms with van der Waals surface area (Å²) in [5, 5.41) is 4.86. The molecule has 0 aliphatic rings. The minimum atomic E-state index is -1.16. The van der Waals surface area contributed by atoms with E-state index in [1.807, 2.05) is 0 Å². The average molecular weight is 278 g/mol. The lowest BCUT2D eigenvalue weighted by Gasteiger charge is -2.22. The fourth-order valence-electron chi connectivity index (χ4n) is 1.35. The lowest BCUT2D eigenvalue weighted by atomic mass is 10.1. The number of carbonyl (C=O) groups excluding carboxylic acids is 3. The molecule has 0 bridgehead atoms. The number of nitrogens with one attached hydrogen (secondary N) is 2. The van der Waals surface area contributed by atoms with Crippen LogP contribution >= 0.6 is 0 Å². The maximum atomic E-state index is 11.7. The van der Waals surface area contributed by atoms with Crippen molar-refractivity contribution in [2.75, 3.05) is 12.3 Å². The van der Waals surface area contributed by atoms with Gasteiger partial charge in [-0.1, -0.05) is 0 Å². The number of rotatable bonds is 5. The fraction of sp³-hybridized carbons (Fsp3) is 0.308. The Kier molecular flexibility index (Phi) is 4.68. The van der Waals surface area contributed by atoms with Gasteiger partial charge in [-0.25, -0.2) is 0 Å². The molecule has 0 saturated heterocycles. The van der Waals surface area contributed by atoms with E-state index in [-0.39, 0.29) is 6.54 Å². The zero-order chi connectivity index (χ0) is 15.3. The van der Waals surface area contributed by atoms with Crippen LogP contribution in [-0.4, -0.2) is 29.8 Å².